The number of fused-ring (bicyclic) bond motifs is 3. The van der Waals surface area contributed by atoms with Crippen molar-refractivity contribution in [3.63, 3.8) is 0 Å². The lowest BCUT2D eigenvalue weighted by atomic mass is 9.84. The van der Waals surface area contributed by atoms with Gasteiger partial charge in [0.25, 0.3) is 0 Å². The van der Waals surface area contributed by atoms with E-state index < -0.39 is 5.60 Å². The highest BCUT2D eigenvalue weighted by molar-refractivity contribution is 7.18. The van der Waals surface area contributed by atoms with Gasteiger partial charge >= 0.3 is 12.1 Å². The first-order valence-corrected chi connectivity index (χ1v) is 13.1. The van der Waals surface area contributed by atoms with Crippen LogP contribution in [0.4, 0.5) is 4.79 Å². The summed E-state index contributed by atoms with van der Waals surface area (Å²) in [6.45, 7) is 7.81. The van der Waals surface area contributed by atoms with Crippen molar-refractivity contribution in [2.45, 2.75) is 103 Å². The molecule has 1 saturated carbocycles. The molecule has 2 aromatic heterocycles. The molecular formula is C25H35N3O5S. The van der Waals surface area contributed by atoms with Crippen LogP contribution in [0.25, 0.3) is 10.2 Å². The van der Waals surface area contributed by atoms with Crippen LogP contribution in [0.1, 0.15) is 89.0 Å². The molecule has 2 heterocycles. The summed E-state index contributed by atoms with van der Waals surface area (Å²) >= 11 is 1.69. The molecule has 0 bridgehead atoms. The van der Waals surface area contributed by atoms with Crippen LogP contribution in [-0.4, -0.2) is 46.4 Å². The second kappa shape index (κ2) is 10.5. The molecule has 0 spiro atoms. The van der Waals surface area contributed by atoms with Gasteiger partial charge in [-0.3, -0.25) is 4.79 Å². The maximum atomic E-state index is 12.2. The molecule has 9 heteroatoms. The Labute approximate surface area is 204 Å². The Balaban J connectivity index is 1.45. The van der Waals surface area contributed by atoms with E-state index in [9.17, 15) is 9.59 Å². The number of carbonyl (C=O) groups excluding carboxylic acids is 2. The fourth-order valence-electron chi connectivity index (χ4n) is 4.92. The van der Waals surface area contributed by atoms with E-state index in [2.05, 4.69) is 15.3 Å². The number of ether oxygens (including phenoxy) is 3. The third-order valence-corrected chi connectivity index (χ3v) is 7.50. The van der Waals surface area contributed by atoms with E-state index in [1.54, 1.807) is 17.7 Å². The molecule has 186 valence electrons. The summed E-state index contributed by atoms with van der Waals surface area (Å²) < 4.78 is 17.0. The first-order valence-electron chi connectivity index (χ1n) is 12.3. The van der Waals surface area contributed by atoms with Crippen molar-refractivity contribution < 1.29 is 23.8 Å². The molecule has 0 aliphatic heterocycles. The van der Waals surface area contributed by atoms with E-state index in [-0.39, 0.29) is 30.1 Å². The van der Waals surface area contributed by atoms with Crippen molar-refractivity contribution in [1.29, 1.82) is 0 Å². The maximum Gasteiger partial charge on any atom is 0.407 e. The SMILES string of the molecule is CCOC(=O)C[C@@H]1CCCc2sc3ncnc(O[C@H]4CC[C@@H](NC(=O)OC(C)(C)C)CC4)c3c21. The minimum Gasteiger partial charge on any atom is -0.474 e. The lowest BCUT2D eigenvalue weighted by Gasteiger charge is -2.30. The van der Waals surface area contributed by atoms with Crippen molar-refractivity contribution in [1.82, 2.24) is 15.3 Å². The molecule has 0 unspecified atom stereocenters. The van der Waals surface area contributed by atoms with Gasteiger partial charge in [0.2, 0.25) is 5.88 Å². The second-order valence-electron chi connectivity index (χ2n) is 10.1. The lowest BCUT2D eigenvalue weighted by Crippen LogP contribution is -2.42. The second-order valence-corrected chi connectivity index (χ2v) is 11.2. The highest BCUT2D eigenvalue weighted by atomic mass is 32.1. The van der Waals surface area contributed by atoms with Gasteiger partial charge in [0.15, 0.2) is 0 Å². The van der Waals surface area contributed by atoms with E-state index in [0.717, 1.165) is 55.2 Å². The minimum absolute atomic E-state index is 0.0254. The van der Waals surface area contributed by atoms with E-state index in [4.69, 9.17) is 14.2 Å². The fraction of sp³-hybridized carbons (Fsp3) is 0.680. The summed E-state index contributed by atoms with van der Waals surface area (Å²) in [5, 5.41) is 3.94. The van der Waals surface area contributed by atoms with Gasteiger partial charge in [-0.2, -0.15) is 0 Å². The van der Waals surface area contributed by atoms with Crippen LogP contribution >= 0.6 is 11.3 Å². The van der Waals surface area contributed by atoms with Crippen molar-refractivity contribution in [3.05, 3.63) is 16.8 Å². The number of rotatable bonds is 6. The monoisotopic (exact) mass is 489 g/mol. The molecule has 8 nitrogen and oxygen atoms in total. The Hall–Kier alpha value is -2.42. The zero-order valence-electron chi connectivity index (χ0n) is 20.5. The molecular weight excluding hydrogens is 454 g/mol. The molecule has 1 N–H and O–H groups in total. The maximum absolute atomic E-state index is 12.2. The Bertz CT molecular complexity index is 1020. The van der Waals surface area contributed by atoms with Crippen LogP contribution in [0, 0.1) is 0 Å². The summed E-state index contributed by atoms with van der Waals surface area (Å²) in [4.78, 5) is 35.6. The number of amides is 1. The van der Waals surface area contributed by atoms with Crippen LogP contribution in [0.3, 0.4) is 0 Å². The number of nitrogens with zero attached hydrogens (tertiary/aromatic N) is 2. The number of hydrogen-bond acceptors (Lipinski definition) is 8. The summed E-state index contributed by atoms with van der Waals surface area (Å²) in [5.74, 6) is 0.565. The van der Waals surface area contributed by atoms with Crippen LogP contribution in [0.2, 0.25) is 0 Å². The van der Waals surface area contributed by atoms with Crippen LogP contribution in [-0.2, 0) is 20.7 Å². The van der Waals surface area contributed by atoms with Gasteiger partial charge in [-0.25, -0.2) is 14.8 Å². The van der Waals surface area contributed by atoms with E-state index in [1.807, 2.05) is 27.7 Å². The fourth-order valence-corrected chi connectivity index (χ4v) is 6.17. The van der Waals surface area contributed by atoms with Crippen molar-refractivity contribution in [3.8, 4) is 5.88 Å². The molecule has 2 aliphatic carbocycles. The number of aromatic nitrogens is 2. The van der Waals surface area contributed by atoms with Crippen LogP contribution in [0.15, 0.2) is 6.33 Å². The number of carbonyl (C=O) groups is 2. The molecule has 4 rings (SSSR count). The average molecular weight is 490 g/mol. The number of esters is 1. The quantitative estimate of drug-likeness (QED) is 0.551. The van der Waals surface area contributed by atoms with Gasteiger partial charge in [-0.15, -0.1) is 11.3 Å². The average Bonchev–Trinajstić information content (AvgIpc) is 3.14. The van der Waals surface area contributed by atoms with Crippen molar-refractivity contribution >= 4 is 33.6 Å². The van der Waals surface area contributed by atoms with Crippen LogP contribution < -0.4 is 10.1 Å². The van der Waals surface area contributed by atoms with Crippen molar-refractivity contribution in [2.75, 3.05) is 6.61 Å². The molecule has 2 aromatic rings. The van der Waals surface area contributed by atoms with Gasteiger partial charge in [-0.1, -0.05) is 0 Å². The number of hydrogen-bond donors (Lipinski definition) is 1. The topological polar surface area (TPSA) is 99.6 Å². The largest absolute Gasteiger partial charge is 0.474 e. The Morgan fingerprint density at radius 1 is 1.15 bits per heavy atom. The predicted molar refractivity (Wildman–Crippen MR) is 130 cm³/mol. The van der Waals surface area contributed by atoms with Gasteiger partial charge in [0, 0.05) is 10.9 Å². The summed E-state index contributed by atoms with van der Waals surface area (Å²) in [6.07, 6.45) is 7.90. The molecule has 34 heavy (non-hydrogen) atoms. The van der Waals surface area contributed by atoms with Gasteiger partial charge in [0.1, 0.15) is 22.9 Å². The number of thiophene rings is 1. The lowest BCUT2D eigenvalue weighted by molar-refractivity contribution is -0.143. The summed E-state index contributed by atoms with van der Waals surface area (Å²) in [7, 11) is 0. The molecule has 1 atom stereocenters. The zero-order valence-corrected chi connectivity index (χ0v) is 21.3. The number of alkyl carbamates (subject to hydrolysis) is 1. The van der Waals surface area contributed by atoms with Gasteiger partial charge in [0.05, 0.1) is 18.4 Å². The van der Waals surface area contributed by atoms with E-state index in [1.165, 1.54) is 10.4 Å². The van der Waals surface area contributed by atoms with Crippen molar-refractivity contribution in [2.24, 2.45) is 0 Å². The number of nitrogens with one attached hydrogen (secondary N) is 1. The normalized spacial score (nSPS) is 22.6. The molecule has 2 aliphatic rings. The molecule has 0 aromatic carbocycles. The highest BCUT2D eigenvalue weighted by Gasteiger charge is 2.31. The standard InChI is InChI=1S/C25H35N3O5S/c1-5-31-19(29)13-15-7-6-8-18-20(15)21-22(26-14-27-23(21)34-18)32-17-11-9-16(10-12-17)28-24(30)33-25(2,3)4/h14-17H,5-13H2,1-4H3,(H,28,30)/t15-,16-,17+/m0/s1. The van der Waals surface area contributed by atoms with Gasteiger partial charge in [-0.05, 0) is 84.1 Å². The molecule has 1 fully saturated rings. The summed E-state index contributed by atoms with van der Waals surface area (Å²) in [5.41, 5.74) is 0.670. The van der Waals surface area contributed by atoms with Crippen LogP contribution in [0.5, 0.6) is 5.88 Å². The number of aryl methyl sites for hydroxylation is 1. The first kappa shape index (κ1) is 24.7. The third-order valence-electron chi connectivity index (χ3n) is 6.32. The molecule has 0 saturated heterocycles. The van der Waals surface area contributed by atoms with Gasteiger partial charge < -0.3 is 19.5 Å². The smallest absolute Gasteiger partial charge is 0.407 e. The zero-order chi connectivity index (χ0) is 24.3. The molecule has 1 amide bonds. The third kappa shape index (κ3) is 5.98. The predicted octanol–water partition coefficient (Wildman–Crippen LogP) is 5.28. The highest BCUT2D eigenvalue weighted by Crippen LogP contribution is 2.46. The summed E-state index contributed by atoms with van der Waals surface area (Å²) in [6, 6.07) is 0.0861. The Kier molecular flexibility index (Phi) is 7.60. The van der Waals surface area contributed by atoms with E-state index in [0.29, 0.717) is 18.9 Å². The Morgan fingerprint density at radius 3 is 2.62 bits per heavy atom. The minimum atomic E-state index is -0.506. The molecule has 0 radical (unpaired) electrons. The Morgan fingerprint density at radius 2 is 1.91 bits per heavy atom. The first-order chi connectivity index (χ1) is 16.2. The van der Waals surface area contributed by atoms with E-state index >= 15 is 0 Å².